The van der Waals surface area contributed by atoms with Crippen molar-refractivity contribution in [3.05, 3.63) is 33.4 Å². The smallest absolute Gasteiger partial charge is 0.274 e. The highest BCUT2D eigenvalue weighted by Crippen LogP contribution is 2.26. The van der Waals surface area contributed by atoms with Crippen LogP contribution in [0.15, 0.2) is 12.1 Å². The molecule has 0 atom stereocenters. The van der Waals surface area contributed by atoms with Crippen molar-refractivity contribution < 1.29 is 4.92 Å². The number of anilines is 1. The van der Waals surface area contributed by atoms with Crippen LogP contribution in [0.1, 0.15) is 11.1 Å². The molecular weight excluding hydrogens is 206 g/mol. The fourth-order valence-electron chi connectivity index (χ4n) is 1.80. The molecule has 0 amide bonds. The van der Waals surface area contributed by atoms with Crippen LogP contribution in [-0.4, -0.2) is 24.1 Å². The summed E-state index contributed by atoms with van der Waals surface area (Å²) >= 11 is 0. The van der Waals surface area contributed by atoms with Crippen LogP contribution < -0.4 is 10.6 Å². The third-order valence-corrected chi connectivity index (χ3v) is 2.88. The Balaban J connectivity index is 2.28. The van der Waals surface area contributed by atoms with Crippen LogP contribution in [0.3, 0.4) is 0 Å². The summed E-state index contributed by atoms with van der Waals surface area (Å²) in [5, 5.41) is 17.3. The Bertz CT molecular complexity index is 427. The number of nitro benzene ring substituents is 1. The van der Waals surface area contributed by atoms with Crippen molar-refractivity contribution in [2.75, 3.05) is 18.4 Å². The van der Waals surface area contributed by atoms with Crippen molar-refractivity contribution >= 4 is 11.4 Å². The predicted molar refractivity (Wildman–Crippen MR) is 62.9 cm³/mol. The van der Waals surface area contributed by atoms with Crippen LogP contribution in [0.2, 0.25) is 0 Å². The minimum Gasteiger partial charge on any atom is -0.379 e. The topological polar surface area (TPSA) is 67.2 Å². The number of nitrogens with one attached hydrogen (secondary N) is 2. The Morgan fingerprint density at radius 2 is 2.06 bits per heavy atom. The third kappa shape index (κ3) is 1.99. The molecule has 5 heteroatoms. The molecule has 0 aliphatic carbocycles. The van der Waals surface area contributed by atoms with E-state index in [-0.39, 0.29) is 10.6 Å². The predicted octanol–water partition coefficient (Wildman–Crippen LogP) is 1.60. The van der Waals surface area contributed by atoms with Crippen molar-refractivity contribution in [2.24, 2.45) is 0 Å². The molecule has 1 aliphatic rings. The molecule has 1 aliphatic heterocycles. The van der Waals surface area contributed by atoms with Gasteiger partial charge in [0.05, 0.1) is 11.0 Å². The van der Waals surface area contributed by atoms with Gasteiger partial charge in [-0.3, -0.25) is 10.1 Å². The number of nitrogens with zero attached hydrogens (tertiary/aromatic N) is 1. The number of hydrogen-bond acceptors (Lipinski definition) is 4. The van der Waals surface area contributed by atoms with E-state index in [9.17, 15) is 10.1 Å². The molecule has 2 rings (SSSR count). The van der Waals surface area contributed by atoms with Crippen molar-refractivity contribution in [3.63, 3.8) is 0 Å². The van der Waals surface area contributed by atoms with Gasteiger partial charge in [-0.15, -0.1) is 0 Å². The van der Waals surface area contributed by atoms with Gasteiger partial charge in [-0.05, 0) is 25.5 Å². The number of rotatable bonds is 3. The van der Waals surface area contributed by atoms with E-state index in [4.69, 9.17) is 0 Å². The molecule has 1 saturated heterocycles. The van der Waals surface area contributed by atoms with Crippen LogP contribution in [0, 0.1) is 24.0 Å². The molecule has 1 fully saturated rings. The first-order valence-corrected chi connectivity index (χ1v) is 5.31. The molecule has 0 saturated carbocycles. The van der Waals surface area contributed by atoms with E-state index in [0.717, 1.165) is 24.3 Å². The average molecular weight is 221 g/mol. The van der Waals surface area contributed by atoms with Gasteiger partial charge in [-0.1, -0.05) is 0 Å². The van der Waals surface area contributed by atoms with Crippen molar-refractivity contribution in [2.45, 2.75) is 19.9 Å². The maximum atomic E-state index is 10.8. The fourth-order valence-corrected chi connectivity index (χ4v) is 1.80. The lowest BCUT2D eigenvalue weighted by molar-refractivity contribution is -0.385. The molecule has 86 valence electrons. The maximum Gasteiger partial charge on any atom is 0.274 e. The van der Waals surface area contributed by atoms with Gasteiger partial charge in [0.2, 0.25) is 0 Å². The lowest BCUT2D eigenvalue weighted by Gasteiger charge is -2.29. The molecular formula is C11H15N3O2. The Kier molecular flexibility index (Phi) is 2.78. The molecule has 2 N–H and O–H groups in total. The standard InChI is InChI=1S/C11H15N3O2/c1-7-3-8(2)11(14(15)16)4-10(7)13-9-5-12-6-9/h3-4,9,12-13H,5-6H2,1-2H3. The summed E-state index contributed by atoms with van der Waals surface area (Å²) in [4.78, 5) is 10.5. The molecule has 0 unspecified atom stereocenters. The largest absolute Gasteiger partial charge is 0.379 e. The van der Waals surface area contributed by atoms with Gasteiger partial charge in [0, 0.05) is 30.4 Å². The Morgan fingerprint density at radius 1 is 1.38 bits per heavy atom. The van der Waals surface area contributed by atoms with Crippen LogP contribution in [0.5, 0.6) is 0 Å². The molecule has 0 bridgehead atoms. The Labute approximate surface area is 94.0 Å². The summed E-state index contributed by atoms with van der Waals surface area (Å²) in [5.41, 5.74) is 2.80. The van der Waals surface area contributed by atoms with E-state index >= 15 is 0 Å². The Morgan fingerprint density at radius 3 is 2.56 bits per heavy atom. The van der Waals surface area contributed by atoms with E-state index in [1.54, 1.807) is 13.0 Å². The average Bonchev–Trinajstić information content (AvgIpc) is 2.13. The van der Waals surface area contributed by atoms with Gasteiger partial charge in [0.1, 0.15) is 0 Å². The highest BCUT2D eigenvalue weighted by atomic mass is 16.6. The Hall–Kier alpha value is -1.62. The second-order valence-corrected chi connectivity index (χ2v) is 4.21. The molecule has 0 radical (unpaired) electrons. The van der Waals surface area contributed by atoms with Gasteiger partial charge < -0.3 is 10.6 Å². The highest BCUT2D eigenvalue weighted by Gasteiger charge is 2.19. The minimum atomic E-state index is -0.334. The molecule has 1 aromatic carbocycles. The second kappa shape index (κ2) is 4.09. The summed E-state index contributed by atoms with van der Waals surface area (Å²) in [6, 6.07) is 3.87. The number of nitro groups is 1. The maximum absolute atomic E-state index is 10.8. The van der Waals surface area contributed by atoms with Crippen LogP contribution >= 0.6 is 0 Å². The van der Waals surface area contributed by atoms with Crippen molar-refractivity contribution in [1.82, 2.24) is 5.32 Å². The molecule has 1 aromatic rings. The molecule has 5 nitrogen and oxygen atoms in total. The summed E-state index contributed by atoms with van der Waals surface area (Å²) in [6.07, 6.45) is 0. The first-order chi connectivity index (χ1) is 7.58. The van der Waals surface area contributed by atoms with Crippen LogP contribution in [0.25, 0.3) is 0 Å². The second-order valence-electron chi connectivity index (χ2n) is 4.21. The minimum absolute atomic E-state index is 0.181. The summed E-state index contributed by atoms with van der Waals surface area (Å²) in [6.45, 7) is 5.56. The number of aryl methyl sites for hydroxylation is 2. The van der Waals surface area contributed by atoms with Crippen molar-refractivity contribution in [1.29, 1.82) is 0 Å². The first-order valence-electron chi connectivity index (χ1n) is 5.31. The van der Waals surface area contributed by atoms with Crippen LogP contribution in [-0.2, 0) is 0 Å². The quantitative estimate of drug-likeness (QED) is 0.601. The normalized spacial score (nSPS) is 15.6. The third-order valence-electron chi connectivity index (χ3n) is 2.88. The number of hydrogen-bond donors (Lipinski definition) is 2. The van der Waals surface area contributed by atoms with E-state index in [1.165, 1.54) is 0 Å². The summed E-state index contributed by atoms with van der Waals surface area (Å²) in [7, 11) is 0. The zero-order chi connectivity index (χ0) is 11.7. The van der Waals surface area contributed by atoms with E-state index < -0.39 is 0 Å². The van der Waals surface area contributed by atoms with Gasteiger partial charge in [-0.25, -0.2) is 0 Å². The lowest BCUT2D eigenvalue weighted by atomic mass is 10.1. The zero-order valence-corrected chi connectivity index (χ0v) is 9.41. The SMILES string of the molecule is Cc1cc(C)c([N+](=O)[O-])cc1NC1CNC1. The molecule has 0 spiro atoms. The first kappa shape index (κ1) is 10.9. The van der Waals surface area contributed by atoms with E-state index in [0.29, 0.717) is 11.6 Å². The summed E-state index contributed by atoms with van der Waals surface area (Å²) in [5.74, 6) is 0. The number of benzene rings is 1. The molecule has 1 heterocycles. The van der Waals surface area contributed by atoms with Gasteiger partial charge in [-0.2, -0.15) is 0 Å². The van der Waals surface area contributed by atoms with E-state index in [2.05, 4.69) is 10.6 Å². The highest BCUT2D eigenvalue weighted by molar-refractivity contribution is 5.60. The van der Waals surface area contributed by atoms with Gasteiger partial charge >= 0.3 is 0 Å². The molecule has 16 heavy (non-hydrogen) atoms. The van der Waals surface area contributed by atoms with Gasteiger partial charge in [0.15, 0.2) is 0 Å². The zero-order valence-electron chi connectivity index (χ0n) is 9.41. The fraction of sp³-hybridized carbons (Fsp3) is 0.455. The summed E-state index contributed by atoms with van der Waals surface area (Å²) < 4.78 is 0. The molecule has 0 aromatic heterocycles. The lowest BCUT2D eigenvalue weighted by Crippen LogP contribution is -2.51. The van der Waals surface area contributed by atoms with Crippen molar-refractivity contribution in [3.8, 4) is 0 Å². The van der Waals surface area contributed by atoms with E-state index in [1.807, 2.05) is 13.0 Å². The monoisotopic (exact) mass is 221 g/mol. The van der Waals surface area contributed by atoms with Gasteiger partial charge in [0.25, 0.3) is 5.69 Å². The van der Waals surface area contributed by atoms with Crippen LogP contribution in [0.4, 0.5) is 11.4 Å².